The fourth-order valence-corrected chi connectivity index (χ4v) is 3.99. The summed E-state index contributed by atoms with van der Waals surface area (Å²) < 4.78 is 27.9. The second-order valence-corrected chi connectivity index (χ2v) is 8.55. The van der Waals surface area contributed by atoms with Crippen molar-refractivity contribution < 1.29 is 18.3 Å². The Kier molecular flexibility index (Phi) is 5.45. The second-order valence-electron chi connectivity index (χ2n) is 6.46. The minimum atomic E-state index is -4.08. The van der Waals surface area contributed by atoms with Crippen LogP contribution in [0.5, 0.6) is 5.75 Å². The summed E-state index contributed by atoms with van der Waals surface area (Å²) in [6.07, 6.45) is 4.57. The second kappa shape index (κ2) is 8.21. The third kappa shape index (κ3) is 4.27. The molecule has 31 heavy (non-hydrogen) atoms. The Morgan fingerprint density at radius 2 is 1.71 bits per heavy atom. The van der Waals surface area contributed by atoms with Crippen LogP contribution in [0.15, 0.2) is 84.1 Å². The maximum Gasteiger partial charge on any atom is 0.355 e. The molecule has 0 atom stereocenters. The molecule has 0 saturated heterocycles. The van der Waals surface area contributed by atoms with Gasteiger partial charge in [0.1, 0.15) is 11.4 Å². The van der Waals surface area contributed by atoms with Crippen LogP contribution < -0.4 is 4.72 Å². The number of phenolic OH excluding ortho intramolecular Hbond substituents is 1. The summed E-state index contributed by atoms with van der Waals surface area (Å²) in [5.41, 5.74) is 2.08. The number of nitrogens with zero attached hydrogens (tertiary/aromatic N) is 3. The van der Waals surface area contributed by atoms with Gasteiger partial charge in [0.2, 0.25) is 0 Å². The van der Waals surface area contributed by atoms with Gasteiger partial charge in [-0.15, -0.1) is 0 Å². The number of phenols is 1. The molecule has 0 radical (unpaired) electrons. The zero-order chi connectivity index (χ0) is 22.0. The number of benzene rings is 2. The van der Waals surface area contributed by atoms with Gasteiger partial charge in [-0.05, 0) is 42.0 Å². The molecule has 1 amide bonds. The largest absolute Gasteiger partial charge is 0.506 e. The molecule has 0 aliphatic rings. The topological polar surface area (TPSA) is 114 Å². The maximum atomic E-state index is 12.7. The number of halogens is 1. The fraction of sp³-hybridized carbons (Fsp3) is 0. The number of aromatic nitrogens is 3. The van der Waals surface area contributed by atoms with E-state index < -0.39 is 16.1 Å². The molecular formula is C21H15ClN4O4S. The van der Waals surface area contributed by atoms with Crippen LogP contribution in [0.1, 0.15) is 0 Å². The van der Waals surface area contributed by atoms with Crippen molar-refractivity contribution in [3.63, 3.8) is 0 Å². The number of sulfonamides is 1. The molecule has 2 N–H and O–H groups in total. The van der Waals surface area contributed by atoms with E-state index in [1.807, 2.05) is 4.72 Å². The highest BCUT2D eigenvalue weighted by Crippen LogP contribution is 2.34. The smallest absolute Gasteiger partial charge is 0.355 e. The number of nitrogens with one attached hydrogen (secondary N) is 1. The lowest BCUT2D eigenvalue weighted by molar-refractivity contribution is 0.244. The molecule has 0 fully saturated rings. The van der Waals surface area contributed by atoms with Crippen molar-refractivity contribution in [3.05, 3.63) is 84.3 Å². The zero-order valence-corrected chi connectivity index (χ0v) is 17.4. The van der Waals surface area contributed by atoms with Crippen LogP contribution in [-0.4, -0.2) is 34.3 Å². The van der Waals surface area contributed by atoms with E-state index in [0.29, 0.717) is 22.4 Å². The Bertz CT molecular complexity index is 1360. The number of amides is 1. The van der Waals surface area contributed by atoms with Crippen molar-refractivity contribution in [2.75, 3.05) is 0 Å². The van der Waals surface area contributed by atoms with Crippen molar-refractivity contribution in [2.24, 2.45) is 0 Å². The van der Waals surface area contributed by atoms with Gasteiger partial charge in [-0.2, -0.15) is 9.78 Å². The summed E-state index contributed by atoms with van der Waals surface area (Å²) in [6.45, 7) is 0. The molecule has 2 heterocycles. The van der Waals surface area contributed by atoms with Crippen molar-refractivity contribution in [3.8, 4) is 28.1 Å². The maximum absolute atomic E-state index is 12.7. The Morgan fingerprint density at radius 3 is 2.39 bits per heavy atom. The Labute approximate surface area is 182 Å². The monoisotopic (exact) mass is 454 g/mol. The van der Waals surface area contributed by atoms with E-state index in [1.165, 1.54) is 30.5 Å². The van der Waals surface area contributed by atoms with Crippen LogP contribution in [0.4, 0.5) is 4.79 Å². The van der Waals surface area contributed by atoms with Crippen LogP contribution in [0.2, 0.25) is 5.02 Å². The van der Waals surface area contributed by atoms with Gasteiger partial charge >= 0.3 is 6.03 Å². The summed E-state index contributed by atoms with van der Waals surface area (Å²) in [7, 11) is -4.08. The molecule has 0 saturated carbocycles. The number of aromatic hydroxyl groups is 1. The van der Waals surface area contributed by atoms with Gasteiger partial charge in [0.25, 0.3) is 10.0 Å². The molecule has 4 rings (SSSR count). The number of hydrogen-bond acceptors (Lipinski definition) is 6. The molecular weight excluding hydrogens is 440 g/mol. The van der Waals surface area contributed by atoms with E-state index in [-0.39, 0.29) is 15.7 Å². The van der Waals surface area contributed by atoms with Gasteiger partial charge in [-0.25, -0.2) is 17.9 Å². The lowest BCUT2D eigenvalue weighted by atomic mass is 10.0. The number of carbonyl (C=O) groups is 1. The molecule has 0 spiro atoms. The lowest BCUT2D eigenvalue weighted by Crippen LogP contribution is -2.34. The van der Waals surface area contributed by atoms with Crippen molar-refractivity contribution in [1.29, 1.82) is 0 Å². The highest BCUT2D eigenvalue weighted by Gasteiger charge is 2.22. The van der Waals surface area contributed by atoms with Crippen molar-refractivity contribution in [1.82, 2.24) is 19.5 Å². The molecule has 0 aliphatic carbocycles. The van der Waals surface area contributed by atoms with Gasteiger partial charge in [-0.1, -0.05) is 35.9 Å². The number of pyridine rings is 1. The van der Waals surface area contributed by atoms with Gasteiger partial charge in [0, 0.05) is 29.7 Å². The van der Waals surface area contributed by atoms with Gasteiger partial charge in [-0.3, -0.25) is 4.98 Å². The van der Waals surface area contributed by atoms with E-state index in [2.05, 4.69) is 10.1 Å². The Morgan fingerprint density at radius 1 is 1.00 bits per heavy atom. The first-order valence-corrected chi connectivity index (χ1v) is 10.8. The predicted octanol–water partition coefficient (Wildman–Crippen LogP) is 3.92. The molecule has 8 nitrogen and oxygen atoms in total. The third-order valence-electron chi connectivity index (χ3n) is 4.41. The lowest BCUT2D eigenvalue weighted by Gasteiger charge is -2.06. The Hall–Kier alpha value is -3.69. The average molecular weight is 455 g/mol. The van der Waals surface area contributed by atoms with Crippen LogP contribution >= 0.6 is 11.6 Å². The zero-order valence-electron chi connectivity index (χ0n) is 15.8. The molecule has 4 aromatic rings. The summed E-state index contributed by atoms with van der Waals surface area (Å²) >= 11 is 5.90. The highest BCUT2D eigenvalue weighted by atomic mass is 35.5. The molecule has 0 aliphatic heterocycles. The predicted molar refractivity (Wildman–Crippen MR) is 115 cm³/mol. The quantitative estimate of drug-likeness (QED) is 0.483. The van der Waals surface area contributed by atoms with Crippen LogP contribution in [0.25, 0.3) is 22.4 Å². The summed E-state index contributed by atoms with van der Waals surface area (Å²) in [5.74, 6) is -0.148. The van der Waals surface area contributed by atoms with Crippen LogP contribution in [-0.2, 0) is 10.0 Å². The standard InChI is InChI=1S/C21H15ClN4O4S/c22-18-7-6-15(12-19(18)27)20-17(14-8-10-23-11-9-14)13-26(24-20)21(28)25-31(29,30)16-4-2-1-3-5-16/h1-13,27H,(H,25,28). The van der Waals surface area contributed by atoms with Crippen molar-refractivity contribution in [2.45, 2.75) is 4.90 Å². The molecule has 2 aromatic heterocycles. The number of carbonyl (C=O) groups excluding carboxylic acids is 1. The minimum absolute atomic E-state index is 0.0484. The summed E-state index contributed by atoms with van der Waals surface area (Å²) in [6, 6.07) is 14.6. The van der Waals surface area contributed by atoms with E-state index in [4.69, 9.17) is 11.6 Å². The van der Waals surface area contributed by atoms with E-state index >= 15 is 0 Å². The first-order valence-electron chi connectivity index (χ1n) is 8.96. The summed E-state index contributed by atoms with van der Waals surface area (Å²) in [5, 5.41) is 14.4. The fourth-order valence-electron chi connectivity index (χ4n) is 2.91. The summed E-state index contributed by atoms with van der Waals surface area (Å²) in [4.78, 5) is 16.6. The minimum Gasteiger partial charge on any atom is -0.506 e. The molecule has 0 unspecified atom stereocenters. The molecule has 0 bridgehead atoms. The SMILES string of the molecule is O=C(NS(=O)(=O)c1ccccc1)n1cc(-c2ccncc2)c(-c2ccc(Cl)c(O)c2)n1. The van der Waals surface area contributed by atoms with Crippen LogP contribution in [0, 0.1) is 0 Å². The average Bonchev–Trinajstić information content (AvgIpc) is 3.22. The van der Waals surface area contributed by atoms with E-state index in [9.17, 15) is 18.3 Å². The third-order valence-corrected chi connectivity index (χ3v) is 6.06. The molecule has 2 aromatic carbocycles. The van der Waals surface area contributed by atoms with E-state index in [1.54, 1.807) is 48.8 Å². The van der Waals surface area contributed by atoms with Gasteiger partial charge < -0.3 is 5.11 Å². The van der Waals surface area contributed by atoms with Crippen molar-refractivity contribution >= 4 is 27.7 Å². The molecule has 156 valence electrons. The first-order chi connectivity index (χ1) is 14.8. The van der Waals surface area contributed by atoms with Gasteiger partial charge in [0.05, 0.1) is 9.92 Å². The van der Waals surface area contributed by atoms with Crippen LogP contribution in [0.3, 0.4) is 0 Å². The highest BCUT2D eigenvalue weighted by molar-refractivity contribution is 7.90. The van der Waals surface area contributed by atoms with E-state index in [0.717, 1.165) is 4.68 Å². The normalized spacial score (nSPS) is 11.3. The number of hydrogen-bond donors (Lipinski definition) is 2. The number of rotatable bonds is 4. The van der Waals surface area contributed by atoms with Gasteiger partial charge in [0.15, 0.2) is 0 Å². The molecule has 10 heteroatoms. The Balaban J connectivity index is 1.76. The first kappa shape index (κ1) is 20.6.